The van der Waals surface area contributed by atoms with Crippen LogP contribution in [-0.2, 0) is 20.1 Å². The molecule has 0 saturated carbocycles. The third-order valence-corrected chi connectivity index (χ3v) is 5.71. The molecular formula is C24H19N3O. The molecular weight excluding hydrogens is 346 g/mol. The summed E-state index contributed by atoms with van der Waals surface area (Å²) in [4.78, 5) is 6.98. The van der Waals surface area contributed by atoms with Crippen molar-refractivity contribution in [1.82, 2.24) is 9.55 Å². The SMILES string of the molecule is Cn1ccc2cc(-c3ccc4oc(N5Cc6ccccc6C5)nc4c3)ccc21. The van der Waals surface area contributed by atoms with Crippen LogP contribution in [0.25, 0.3) is 33.1 Å². The summed E-state index contributed by atoms with van der Waals surface area (Å²) in [7, 11) is 2.07. The smallest absolute Gasteiger partial charge is 0.298 e. The minimum absolute atomic E-state index is 0.696. The second-order valence-corrected chi connectivity index (χ2v) is 7.50. The van der Waals surface area contributed by atoms with E-state index in [1.54, 1.807) is 0 Å². The average Bonchev–Trinajstić information content (AvgIpc) is 3.43. The monoisotopic (exact) mass is 365 g/mol. The molecule has 0 spiro atoms. The zero-order chi connectivity index (χ0) is 18.7. The molecule has 1 aliphatic rings. The molecule has 5 aromatic rings. The molecule has 0 radical (unpaired) electrons. The first-order valence-corrected chi connectivity index (χ1v) is 9.52. The molecule has 3 aromatic carbocycles. The van der Waals surface area contributed by atoms with Crippen LogP contribution in [-0.4, -0.2) is 9.55 Å². The number of aryl methyl sites for hydroxylation is 1. The summed E-state index contributed by atoms with van der Waals surface area (Å²) in [5.74, 6) is 0. The van der Waals surface area contributed by atoms with Crippen molar-refractivity contribution in [1.29, 1.82) is 0 Å². The van der Waals surface area contributed by atoms with Crippen LogP contribution in [0.3, 0.4) is 0 Å². The molecule has 0 N–H and O–H groups in total. The van der Waals surface area contributed by atoms with Crippen molar-refractivity contribution in [2.24, 2.45) is 7.05 Å². The Kier molecular flexibility index (Phi) is 3.18. The summed E-state index contributed by atoms with van der Waals surface area (Å²) < 4.78 is 8.20. The van der Waals surface area contributed by atoms with Crippen LogP contribution in [0.15, 0.2) is 77.3 Å². The quantitative estimate of drug-likeness (QED) is 0.414. The first kappa shape index (κ1) is 15.5. The Hall–Kier alpha value is -3.53. The standard InChI is InChI=1S/C24H19N3O/c1-26-11-10-18-12-16(6-8-22(18)26)17-7-9-23-21(13-17)25-24(28-23)27-14-19-4-2-3-5-20(19)15-27/h2-13H,14-15H2,1H3. The van der Waals surface area contributed by atoms with Crippen LogP contribution >= 0.6 is 0 Å². The summed E-state index contributed by atoms with van der Waals surface area (Å²) in [5.41, 5.74) is 8.01. The summed E-state index contributed by atoms with van der Waals surface area (Å²) in [5, 5.41) is 1.25. The van der Waals surface area contributed by atoms with Crippen LogP contribution in [0.5, 0.6) is 0 Å². The fourth-order valence-corrected chi connectivity index (χ4v) is 4.16. The number of anilines is 1. The van der Waals surface area contributed by atoms with E-state index in [9.17, 15) is 0 Å². The van der Waals surface area contributed by atoms with E-state index < -0.39 is 0 Å². The molecule has 6 rings (SSSR count). The summed E-state index contributed by atoms with van der Waals surface area (Å²) in [6, 6.07) is 24.2. The van der Waals surface area contributed by atoms with E-state index in [4.69, 9.17) is 9.40 Å². The second kappa shape index (κ2) is 5.73. The van der Waals surface area contributed by atoms with Gasteiger partial charge < -0.3 is 13.9 Å². The zero-order valence-corrected chi connectivity index (χ0v) is 15.6. The molecule has 0 saturated heterocycles. The molecule has 4 heteroatoms. The van der Waals surface area contributed by atoms with E-state index >= 15 is 0 Å². The molecule has 0 amide bonds. The second-order valence-electron chi connectivity index (χ2n) is 7.50. The topological polar surface area (TPSA) is 34.2 Å². The van der Waals surface area contributed by atoms with Gasteiger partial charge in [-0.15, -0.1) is 0 Å². The van der Waals surface area contributed by atoms with Gasteiger partial charge in [-0.3, -0.25) is 0 Å². The molecule has 0 atom stereocenters. The summed E-state index contributed by atoms with van der Waals surface area (Å²) in [6.07, 6.45) is 2.09. The van der Waals surface area contributed by atoms with Gasteiger partial charge in [0.05, 0.1) is 0 Å². The normalized spacial score (nSPS) is 13.5. The van der Waals surface area contributed by atoms with Gasteiger partial charge in [0.25, 0.3) is 6.01 Å². The van der Waals surface area contributed by atoms with Crippen LogP contribution in [0.4, 0.5) is 6.01 Å². The molecule has 0 aliphatic carbocycles. The highest BCUT2D eigenvalue weighted by Crippen LogP contribution is 2.32. The number of nitrogens with zero attached hydrogens (tertiary/aromatic N) is 3. The van der Waals surface area contributed by atoms with Crippen molar-refractivity contribution in [3.05, 3.63) is 84.1 Å². The molecule has 1 aliphatic heterocycles. The van der Waals surface area contributed by atoms with Crippen molar-refractivity contribution in [3.8, 4) is 11.1 Å². The lowest BCUT2D eigenvalue weighted by molar-refractivity contribution is 0.573. The Morgan fingerprint density at radius 2 is 1.61 bits per heavy atom. The Bertz CT molecular complexity index is 1320. The Balaban J connectivity index is 1.37. The highest BCUT2D eigenvalue weighted by atomic mass is 16.4. The Morgan fingerprint density at radius 3 is 2.43 bits per heavy atom. The van der Waals surface area contributed by atoms with Crippen molar-refractivity contribution in [2.75, 3.05) is 4.90 Å². The first-order valence-electron chi connectivity index (χ1n) is 9.52. The molecule has 2 aromatic heterocycles. The number of hydrogen-bond acceptors (Lipinski definition) is 3. The number of rotatable bonds is 2. The van der Waals surface area contributed by atoms with E-state index in [1.165, 1.54) is 27.6 Å². The van der Waals surface area contributed by atoms with Crippen molar-refractivity contribution >= 4 is 28.0 Å². The van der Waals surface area contributed by atoms with Gasteiger partial charge >= 0.3 is 0 Å². The maximum absolute atomic E-state index is 6.06. The van der Waals surface area contributed by atoms with E-state index in [2.05, 4.69) is 83.4 Å². The maximum Gasteiger partial charge on any atom is 0.298 e. The molecule has 136 valence electrons. The fourth-order valence-electron chi connectivity index (χ4n) is 4.16. The molecule has 0 unspecified atom stereocenters. The Morgan fingerprint density at radius 1 is 0.857 bits per heavy atom. The number of fused-ring (bicyclic) bond motifs is 3. The van der Waals surface area contributed by atoms with Gasteiger partial charge in [0.2, 0.25) is 0 Å². The minimum Gasteiger partial charge on any atom is -0.423 e. The molecule has 0 fully saturated rings. The molecule has 4 nitrogen and oxygen atoms in total. The van der Waals surface area contributed by atoms with E-state index in [-0.39, 0.29) is 0 Å². The molecule has 3 heterocycles. The lowest BCUT2D eigenvalue weighted by atomic mass is 10.0. The summed E-state index contributed by atoms with van der Waals surface area (Å²) >= 11 is 0. The number of benzene rings is 3. The summed E-state index contributed by atoms with van der Waals surface area (Å²) in [6.45, 7) is 1.70. The third kappa shape index (κ3) is 2.34. The first-order chi connectivity index (χ1) is 13.7. The van der Waals surface area contributed by atoms with Crippen molar-refractivity contribution in [2.45, 2.75) is 13.1 Å². The predicted octanol–water partition coefficient (Wildman–Crippen LogP) is 5.51. The van der Waals surface area contributed by atoms with Gasteiger partial charge in [-0.05, 0) is 52.6 Å². The van der Waals surface area contributed by atoms with Crippen molar-refractivity contribution in [3.63, 3.8) is 0 Å². The highest BCUT2D eigenvalue weighted by molar-refractivity contribution is 5.88. The zero-order valence-electron chi connectivity index (χ0n) is 15.6. The largest absolute Gasteiger partial charge is 0.423 e. The minimum atomic E-state index is 0.696. The Labute approximate surface area is 162 Å². The van der Waals surface area contributed by atoms with Crippen LogP contribution < -0.4 is 4.90 Å². The van der Waals surface area contributed by atoms with Gasteiger partial charge in [0, 0.05) is 37.2 Å². The number of aromatic nitrogens is 2. The van der Waals surface area contributed by atoms with E-state index in [0.29, 0.717) is 6.01 Å². The average molecular weight is 365 g/mol. The van der Waals surface area contributed by atoms with Gasteiger partial charge in [-0.1, -0.05) is 36.4 Å². The number of oxazole rings is 1. The van der Waals surface area contributed by atoms with E-state index in [0.717, 1.165) is 29.8 Å². The fraction of sp³-hybridized carbons (Fsp3) is 0.125. The predicted molar refractivity (Wildman–Crippen MR) is 112 cm³/mol. The highest BCUT2D eigenvalue weighted by Gasteiger charge is 2.22. The lowest BCUT2D eigenvalue weighted by Gasteiger charge is -2.10. The van der Waals surface area contributed by atoms with Gasteiger partial charge in [-0.2, -0.15) is 4.98 Å². The number of hydrogen-bond donors (Lipinski definition) is 0. The maximum atomic E-state index is 6.06. The van der Waals surface area contributed by atoms with Crippen LogP contribution in [0, 0.1) is 0 Å². The van der Waals surface area contributed by atoms with Crippen LogP contribution in [0.2, 0.25) is 0 Å². The van der Waals surface area contributed by atoms with E-state index in [1.807, 2.05) is 6.07 Å². The third-order valence-electron chi connectivity index (χ3n) is 5.71. The molecule has 28 heavy (non-hydrogen) atoms. The van der Waals surface area contributed by atoms with Gasteiger partial charge in [0.15, 0.2) is 5.58 Å². The van der Waals surface area contributed by atoms with Crippen LogP contribution in [0.1, 0.15) is 11.1 Å². The molecule has 0 bridgehead atoms. The van der Waals surface area contributed by atoms with Gasteiger partial charge in [-0.25, -0.2) is 0 Å². The lowest BCUT2D eigenvalue weighted by Crippen LogP contribution is -2.14. The van der Waals surface area contributed by atoms with Gasteiger partial charge in [0.1, 0.15) is 5.52 Å². The van der Waals surface area contributed by atoms with Crippen molar-refractivity contribution < 1.29 is 4.42 Å².